The first kappa shape index (κ1) is 49.7. The van der Waals surface area contributed by atoms with Crippen molar-refractivity contribution in [2.45, 2.75) is 88.8 Å². The molecule has 1 aliphatic heterocycles. The highest BCUT2D eigenvalue weighted by molar-refractivity contribution is 7.80. The molecule has 0 spiro atoms. The molecule has 58 heavy (non-hydrogen) atoms. The summed E-state index contributed by atoms with van der Waals surface area (Å²) in [7, 11) is 6.35. The molecule has 1 aromatic rings. The number of anilines is 1. The third kappa shape index (κ3) is 21.9. The van der Waals surface area contributed by atoms with Crippen LogP contribution in [0.15, 0.2) is 24.3 Å². The number of urea groups is 1. The number of likely N-dealkylation sites (N-methyl/N-ethyl adjacent to an activating group) is 3. The summed E-state index contributed by atoms with van der Waals surface area (Å²) < 4.78 is 0. The second-order valence-corrected chi connectivity index (χ2v) is 15.5. The van der Waals surface area contributed by atoms with Gasteiger partial charge in [-0.3, -0.25) is 19.3 Å². The number of benzene rings is 1. The van der Waals surface area contributed by atoms with E-state index in [2.05, 4.69) is 69.2 Å². The summed E-state index contributed by atoms with van der Waals surface area (Å²) in [5.74, 6) is -5.01. The minimum Gasteiger partial charge on any atom is -0.481 e. The van der Waals surface area contributed by atoms with Crippen LogP contribution in [0.4, 0.5) is 10.5 Å². The molecule has 18 nitrogen and oxygen atoms in total. The Hall–Kier alpha value is -4.43. The number of carbonyl (C=O) groups excluding carboxylic acids is 2. The summed E-state index contributed by atoms with van der Waals surface area (Å²) in [6.45, 7) is 6.49. The zero-order valence-electron chi connectivity index (χ0n) is 34.1. The molecule has 326 valence electrons. The standard InChI is InChI=1S/C39H64N8O10S/c1-44-19-20-45(2)26-30(46(3)22-24-47(23-21-44)27-35(51)52)25-28-10-12-29(13-11-28)41-39(58)40-18-8-6-4-5-7-9-31(48)14-15-32(36(53)54)42-38(57)43-33(37(55)56)16-17-34(49)50/h10-13,30,32-33H,4-9,14-27H2,1-3H3,(H,49,50)(H,51,52)(H,53,54)(H,55,56)(H2,40,41,58)(H2,42,43,57)/t30?,32-,33-/m0/s1. The first-order valence-corrected chi connectivity index (χ1v) is 20.3. The lowest BCUT2D eigenvalue weighted by atomic mass is 10.0. The fourth-order valence-electron chi connectivity index (χ4n) is 6.44. The topological polar surface area (TPSA) is 244 Å². The van der Waals surface area contributed by atoms with E-state index < -0.39 is 48.4 Å². The normalized spacial score (nSPS) is 17.5. The van der Waals surface area contributed by atoms with Gasteiger partial charge in [0.1, 0.15) is 17.9 Å². The number of rotatable bonds is 23. The largest absolute Gasteiger partial charge is 0.481 e. The van der Waals surface area contributed by atoms with E-state index in [0.29, 0.717) is 24.6 Å². The molecule has 1 heterocycles. The van der Waals surface area contributed by atoms with Crippen molar-refractivity contribution in [1.29, 1.82) is 0 Å². The van der Waals surface area contributed by atoms with Crippen molar-refractivity contribution in [3.63, 3.8) is 0 Å². The molecule has 1 fully saturated rings. The van der Waals surface area contributed by atoms with E-state index >= 15 is 0 Å². The minimum absolute atomic E-state index is 0.0405. The Morgan fingerprint density at radius 3 is 1.90 bits per heavy atom. The second-order valence-electron chi connectivity index (χ2n) is 15.1. The van der Waals surface area contributed by atoms with Crippen LogP contribution in [-0.2, 0) is 30.4 Å². The highest BCUT2D eigenvalue weighted by Crippen LogP contribution is 2.15. The van der Waals surface area contributed by atoms with Crippen LogP contribution in [-0.4, -0.2) is 179 Å². The number of thiocarbonyl (C=S) groups is 1. The smallest absolute Gasteiger partial charge is 0.326 e. The number of nitrogens with zero attached hydrogens (tertiary/aromatic N) is 4. The average molecular weight is 837 g/mol. The van der Waals surface area contributed by atoms with Gasteiger partial charge in [-0.05, 0) is 83.2 Å². The van der Waals surface area contributed by atoms with E-state index in [-0.39, 0.29) is 44.1 Å². The van der Waals surface area contributed by atoms with E-state index in [0.717, 1.165) is 77.1 Å². The van der Waals surface area contributed by atoms with Crippen LogP contribution < -0.4 is 21.3 Å². The number of hydrogen-bond donors (Lipinski definition) is 8. The molecule has 8 N–H and O–H groups in total. The molecule has 0 saturated carbocycles. The van der Waals surface area contributed by atoms with Gasteiger partial charge in [0.25, 0.3) is 0 Å². The van der Waals surface area contributed by atoms with Crippen molar-refractivity contribution in [2.75, 3.05) is 85.4 Å². The van der Waals surface area contributed by atoms with Gasteiger partial charge in [-0.15, -0.1) is 0 Å². The Balaban J connectivity index is 1.67. The van der Waals surface area contributed by atoms with Crippen molar-refractivity contribution in [3.05, 3.63) is 29.8 Å². The first-order valence-electron chi connectivity index (χ1n) is 19.9. The number of aliphatic carboxylic acids is 4. The number of carboxylic acids is 4. The molecule has 0 radical (unpaired) electrons. The molecule has 0 aromatic heterocycles. The monoisotopic (exact) mass is 836 g/mol. The van der Waals surface area contributed by atoms with Crippen molar-refractivity contribution < 1.29 is 49.2 Å². The number of carboxylic acid groups (broad SMARTS) is 4. The van der Waals surface area contributed by atoms with E-state index in [1.807, 2.05) is 17.0 Å². The molecule has 2 rings (SSSR count). The Bertz CT molecular complexity index is 1490. The highest BCUT2D eigenvalue weighted by Gasteiger charge is 2.26. The van der Waals surface area contributed by atoms with Crippen LogP contribution in [0.1, 0.15) is 69.8 Å². The Morgan fingerprint density at radius 1 is 0.707 bits per heavy atom. The van der Waals surface area contributed by atoms with Gasteiger partial charge >= 0.3 is 29.9 Å². The third-order valence-electron chi connectivity index (χ3n) is 10.1. The molecule has 3 atom stereocenters. The predicted molar refractivity (Wildman–Crippen MR) is 223 cm³/mol. The van der Waals surface area contributed by atoms with Gasteiger partial charge in [0.2, 0.25) is 0 Å². The lowest BCUT2D eigenvalue weighted by Crippen LogP contribution is -2.51. The minimum atomic E-state index is -1.50. The van der Waals surface area contributed by atoms with E-state index in [1.54, 1.807) is 0 Å². The Kier molecular flexibility index (Phi) is 23.4. The van der Waals surface area contributed by atoms with Crippen molar-refractivity contribution in [1.82, 2.24) is 35.6 Å². The van der Waals surface area contributed by atoms with Crippen molar-refractivity contribution in [2.24, 2.45) is 0 Å². The quantitative estimate of drug-likeness (QED) is 0.0579. The fraction of sp³-hybridized carbons (Fsp3) is 0.667. The summed E-state index contributed by atoms with van der Waals surface area (Å²) >= 11 is 5.50. The lowest BCUT2D eigenvalue weighted by Gasteiger charge is -2.35. The van der Waals surface area contributed by atoms with Gasteiger partial charge in [0, 0.05) is 83.3 Å². The number of amides is 2. The molecule has 1 saturated heterocycles. The zero-order valence-corrected chi connectivity index (χ0v) is 34.9. The van der Waals surface area contributed by atoms with E-state index in [1.165, 1.54) is 5.56 Å². The SMILES string of the molecule is CN1CCN(C)CC(Cc2ccc(NC(=S)NCCCCCCCC(=O)CC[C@H](NC(=O)N[C@@H](CCC(=O)O)C(=O)O)C(=O)O)cc2)N(C)CCN(CC(=O)O)CC1. The molecular weight excluding hydrogens is 773 g/mol. The maximum absolute atomic E-state index is 12.4. The lowest BCUT2D eigenvalue weighted by molar-refractivity contribution is -0.141. The maximum atomic E-state index is 12.4. The zero-order chi connectivity index (χ0) is 43.0. The van der Waals surface area contributed by atoms with Crippen LogP contribution in [0, 0.1) is 0 Å². The summed E-state index contributed by atoms with van der Waals surface area (Å²) in [6, 6.07) is 4.53. The van der Waals surface area contributed by atoms with E-state index in [4.69, 9.17) is 17.3 Å². The van der Waals surface area contributed by atoms with Gasteiger partial charge in [0.15, 0.2) is 5.11 Å². The van der Waals surface area contributed by atoms with Crippen LogP contribution >= 0.6 is 12.2 Å². The molecule has 19 heteroatoms. The van der Waals surface area contributed by atoms with Crippen LogP contribution in [0.2, 0.25) is 0 Å². The number of ketones is 1. The van der Waals surface area contributed by atoms with Gasteiger partial charge in [0.05, 0.1) is 6.54 Å². The van der Waals surface area contributed by atoms with Crippen molar-refractivity contribution in [3.8, 4) is 0 Å². The molecule has 0 bridgehead atoms. The van der Waals surface area contributed by atoms with Crippen LogP contribution in [0.25, 0.3) is 0 Å². The van der Waals surface area contributed by atoms with Crippen LogP contribution in [0.3, 0.4) is 0 Å². The number of unbranched alkanes of at least 4 members (excludes halogenated alkanes) is 4. The first-order chi connectivity index (χ1) is 27.5. The second kappa shape index (κ2) is 27.3. The van der Waals surface area contributed by atoms with Gasteiger partial charge in [-0.25, -0.2) is 14.4 Å². The number of Topliss-reactive ketones (excluding diaryl/α,β-unsaturated/α-hetero) is 1. The van der Waals surface area contributed by atoms with Crippen molar-refractivity contribution >= 4 is 58.7 Å². The molecule has 1 aromatic carbocycles. The van der Waals surface area contributed by atoms with E-state index in [9.17, 15) is 44.1 Å². The average Bonchev–Trinajstić information content (AvgIpc) is 3.15. The summed E-state index contributed by atoms with van der Waals surface area (Å²) in [5.41, 5.74) is 2.09. The molecule has 1 unspecified atom stereocenters. The third-order valence-corrected chi connectivity index (χ3v) is 10.3. The molecule has 0 aliphatic carbocycles. The van der Waals surface area contributed by atoms with Gasteiger partial charge in [-0.1, -0.05) is 31.4 Å². The number of carbonyl (C=O) groups is 6. The summed E-state index contributed by atoms with van der Waals surface area (Å²) in [6.07, 6.45) is 4.23. The Morgan fingerprint density at radius 2 is 1.28 bits per heavy atom. The molecular formula is C39H64N8O10S. The Labute approximate surface area is 346 Å². The predicted octanol–water partition coefficient (Wildman–Crippen LogP) is 1.84. The summed E-state index contributed by atoms with van der Waals surface area (Å²) in [4.78, 5) is 78.5. The van der Waals surface area contributed by atoms with Crippen LogP contribution in [0.5, 0.6) is 0 Å². The maximum Gasteiger partial charge on any atom is 0.326 e. The summed E-state index contributed by atoms with van der Waals surface area (Å²) in [5, 5.41) is 48.0. The number of nitrogens with one attached hydrogen (secondary N) is 4. The van der Waals surface area contributed by atoms with Gasteiger partial charge in [-0.2, -0.15) is 0 Å². The van der Waals surface area contributed by atoms with Gasteiger partial charge < -0.3 is 56.4 Å². The highest BCUT2D eigenvalue weighted by atomic mass is 32.1. The number of hydrogen-bond acceptors (Lipinski definition) is 11. The molecule has 2 amide bonds. The molecule has 1 aliphatic rings. The fourth-order valence-corrected chi connectivity index (χ4v) is 6.66.